The van der Waals surface area contributed by atoms with E-state index in [1.54, 1.807) is 0 Å². The fourth-order valence-electron chi connectivity index (χ4n) is 7.82. The number of quaternary nitrogens is 1. The Morgan fingerprint density at radius 3 is 2.65 bits per heavy atom. The van der Waals surface area contributed by atoms with Crippen molar-refractivity contribution in [1.29, 1.82) is 0 Å². The first-order valence-corrected chi connectivity index (χ1v) is 15.2. The lowest BCUT2D eigenvalue weighted by molar-refractivity contribution is -0.717. The predicted octanol–water partition coefficient (Wildman–Crippen LogP) is 0.970. The van der Waals surface area contributed by atoms with Gasteiger partial charge in [0.2, 0.25) is 0 Å². The maximum Gasteiger partial charge on any atom is 0.311 e. The summed E-state index contributed by atoms with van der Waals surface area (Å²) in [5, 5.41) is 18.2. The van der Waals surface area contributed by atoms with Crippen molar-refractivity contribution in [3.05, 3.63) is 0 Å². The van der Waals surface area contributed by atoms with Crippen molar-refractivity contribution in [1.82, 2.24) is 15.1 Å². The van der Waals surface area contributed by atoms with Crippen molar-refractivity contribution in [3.8, 4) is 0 Å². The summed E-state index contributed by atoms with van der Waals surface area (Å²) in [5.41, 5.74) is 0. The second-order valence-corrected chi connectivity index (χ2v) is 13.3. The molecular formula is C26H45N4O3S+. The number of hydrogen-bond acceptors (Lipinski definition) is 7. The van der Waals surface area contributed by atoms with Crippen LogP contribution in [0.1, 0.15) is 64.2 Å². The van der Waals surface area contributed by atoms with E-state index in [-0.39, 0.29) is 35.4 Å². The summed E-state index contributed by atoms with van der Waals surface area (Å²) < 4.78 is 6.22. The molecular weight excluding hydrogens is 448 g/mol. The average molecular weight is 494 g/mol. The first kappa shape index (κ1) is 24.0. The molecule has 34 heavy (non-hydrogen) atoms. The Morgan fingerprint density at radius 1 is 1.03 bits per heavy atom. The van der Waals surface area contributed by atoms with Crippen LogP contribution in [0.5, 0.6) is 0 Å². The van der Waals surface area contributed by atoms with Crippen LogP contribution >= 0.6 is 11.8 Å². The van der Waals surface area contributed by atoms with Crippen molar-refractivity contribution < 1.29 is 20.0 Å². The normalized spacial score (nSPS) is 46.5. The molecule has 6 rings (SSSR count). The molecule has 4 aliphatic heterocycles. The summed E-state index contributed by atoms with van der Waals surface area (Å²) in [4.78, 5) is 18.4. The van der Waals surface area contributed by atoms with Crippen LogP contribution in [0.25, 0.3) is 0 Å². The number of thioether (sulfide) groups is 1. The highest BCUT2D eigenvalue weighted by molar-refractivity contribution is 8.00. The summed E-state index contributed by atoms with van der Waals surface area (Å²) in [5.74, 6) is 0.423. The molecule has 0 bridgehead atoms. The highest BCUT2D eigenvalue weighted by atomic mass is 32.2. The van der Waals surface area contributed by atoms with Gasteiger partial charge in [0.25, 0.3) is 0 Å². The molecule has 4 N–H and O–H groups in total. The minimum absolute atomic E-state index is 0.0124. The zero-order chi connectivity index (χ0) is 23.1. The summed E-state index contributed by atoms with van der Waals surface area (Å²) >= 11 is 2.01. The molecule has 9 unspecified atom stereocenters. The summed E-state index contributed by atoms with van der Waals surface area (Å²) in [6.07, 6.45) is 12.2. The molecule has 0 aromatic carbocycles. The lowest BCUT2D eigenvalue weighted by Crippen LogP contribution is -2.95. The fraction of sp³-hybridized carbons (Fsp3) is 0.962. The number of ether oxygens (including phenoxy) is 1. The first-order chi connectivity index (χ1) is 16.7. The van der Waals surface area contributed by atoms with Gasteiger partial charge >= 0.3 is 5.97 Å². The Morgan fingerprint density at radius 2 is 1.85 bits per heavy atom. The molecule has 2 saturated carbocycles. The molecule has 0 spiro atoms. The van der Waals surface area contributed by atoms with Crippen LogP contribution in [0.15, 0.2) is 0 Å². The predicted molar refractivity (Wildman–Crippen MR) is 133 cm³/mol. The third kappa shape index (κ3) is 4.92. The van der Waals surface area contributed by atoms with Gasteiger partial charge in [-0.2, -0.15) is 0 Å². The van der Waals surface area contributed by atoms with E-state index in [0.717, 1.165) is 52.0 Å². The number of hydrogen-bond donors (Lipinski definition) is 3. The molecule has 0 aromatic rings. The molecule has 0 radical (unpaired) electrons. The highest BCUT2D eigenvalue weighted by Gasteiger charge is 2.51. The van der Waals surface area contributed by atoms with E-state index < -0.39 is 0 Å². The molecule has 192 valence electrons. The monoisotopic (exact) mass is 493 g/mol. The number of piperidine rings is 1. The van der Waals surface area contributed by atoms with Gasteiger partial charge in [-0.3, -0.25) is 9.69 Å². The number of carbonyl (C=O) groups excluding carboxylic acids is 1. The largest absolute Gasteiger partial charge is 0.461 e. The number of nitrogens with two attached hydrogens (primary N) is 1. The van der Waals surface area contributed by atoms with Gasteiger partial charge in [0.1, 0.15) is 12.3 Å². The molecule has 6 aliphatic rings. The number of rotatable bonds is 4. The second kappa shape index (κ2) is 10.5. The maximum atomic E-state index is 13.2. The number of esters is 1. The molecule has 9 atom stereocenters. The van der Waals surface area contributed by atoms with Gasteiger partial charge in [-0.1, -0.05) is 12.8 Å². The minimum atomic E-state index is -0.350. The van der Waals surface area contributed by atoms with Gasteiger partial charge in [-0.05, 0) is 50.9 Å². The Labute approximate surface area is 209 Å². The van der Waals surface area contributed by atoms with Gasteiger partial charge in [0, 0.05) is 56.4 Å². The van der Waals surface area contributed by atoms with Crippen LogP contribution < -0.4 is 10.6 Å². The third-order valence-electron chi connectivity index (χ3n) is 9.83. The van der Waals surface area contributed by atoms with Crippen LogP contribution in [-0.4, -0.2) is 95.2 Å². The Balaban J connectivity index is 1.05. The van der Waals surface area contributed by atoms with E-state index in [0.29, 0.717) is 23.4 Å². The molecule has 8 heteroatoms. The summed E-state index contributed by atoms with van der Waals surface area (Å²) in [6, 6.07) is 0.583. The number of carbonyl (C=O) groups is 1. The Hall–Kier alpha value is -0.380. The van der Waals surface area contributed by atoms with Crippen molar-refractivity contribution >= 4 is 17.7 Å². The lowest BCUT2D eigenvalue weighted by atomic mass is 9.71. The quantitative estimate of drug-likeness (QED) is 0.504. The van der Waals surface area contributed by atoms with E-state index >= 15 is 0 Å². The van der Waals surface area contributed by atoms with Crippen LogP contribution in [0.2, 0.25) is 0 Å². The van der Waals surface area contributed by atoms with E-state index in [2.05, 4.69) is 20.4 Å². The number of nitrogens with one attached hydrogen (secondary N) is 1. The van der Waals surface area contributed by atoms with Crippen LogP contribution in [-0.2, 0) is 9.53 Å². The van der Waals surface area contributed by atoms with Crippen molar-refractivity contribution in [2.75, 3.05) is 39.3 Å². The fourth-order valence-corrected chi connectivity index (χ4v) is 9.57. The van der Waals surface area contributed by atoms with Crippen LogP contribution in [0.3, 0.4) is 0 Å². The smallest absolute Gasteiger partial charge is 0.311 e. The Bertz CT molecular complexity index is 700. The standard InChI is InChI=1S/C26H44N4O3S/c31-21-9-8-17-15-18(25-28-20-5-1-2-6-22(20)34-25)26(32)33-24(17)19(21)16-29-11-13-30(14-12-29)23-7-3-4-10-27-23/h17-25,27-28,31H,1-16H2/p+1. The number of fused-ring (bicyclic) bond motifs is 2. The first-order valence-electron chi connectivity index (χ1n) is 14.3. The van der Waals surface area contributed by atoms with Gasteiger partial charge in [-0.15, -0.1) is 11.8 Å². The van der Waals surface area contributed by atoms with Crippen molar-refractivity contribution in [2.24, 2.45) is 17.8 Å². The van der Waals surface area contributed by atoms with E-state index in [4.69, 9.17) is 4.74 Å². The molecule has 0 amide bonds. The van der Waals surface area contributed by atoms with Crippen LogP contribution in [0, 0.1) is 17.8 Å². The maximum absolute atomic E-state index is 13.2. The summed E-state index contributed by atoms with van der Waals surface area (Å²) in [6.45, 7) is 6.49. The van der Waals surface area contributed by atoms with Crippen LogP contribution in [0.4, 0.5) is 0 Å². The third-order valence-corrected chi connectivity index (χ3v) is 11.5. The number of nitrogens with zero attached hydrogens (tertiary/aromatic N) is 2. The second-order valence-electron chi connectivity index (χ2n) is 11.9. The topological polar surface area (TPSA) is 81.7 Å². The van der Waals surface area contributed by atoms with E-state index in [9.17, 15) is 9.90 Å². The van der Waals surface area contributed by atoms with Crippen molar-refractivity contribution in [2.45, 2.75) is 99.2 Å². The Kier molecular flexibility index (Phi) is 7.44. The van der Waals surface area contributed by atoms with Gasteiger partial charge in [0.05, 0.1) is 23.9 Å². The van der Waals surface area contributed by atoms with Gasteiger partial charge in [0.15, 0.2) is 0 Å². The zero-order valence-corrected chi connectivity index (χ0v) is 21.5. The molecule has 7 nitrogen and oxygen atoms in total. The van der Waals surface area contributed by atoms with Gasteiger partial charge < -0.3 is 25.4 Å². The molecule has 4 heterocycles. The summed E-state index contributed by atoms with van der Waals surface area (Å²) in [7, 11) is 0. The highest BCUT2D eigenvalue weighted by Crippen LogP contribution is 2.46. The van der Waals surface area contributed by atoms with E-state index in [1.165, 1.54) is 51.5 Å². The minimum Gasteiger partial charge on any atom is -0.461 e. The molecule has 6 fully saturated rings. The molecule has 0 aromatic heterocycles. The number of aliphatic hydroxyl groups is 1. The number of aliphatic hydroxyl groups excluding tert-OH is 1. The lowest BCUT2D eigenvalue weighted by Gasteiger charge is -2.48. The van der Waals surface area contributed by atoms with Crippen molar-refractivity contribution in [3.63, 3.8) is 0 Å². The molecule has 4 saturated heterocycles. The average Bonchev–Trinajstić information content (AvgIpc) is 3.31. The number of piperazine rings is 1. The molecule has 2 aliphatic carbocycles. The van der Waals surface area contributed by atoms with Gasteiger partial charge in [-0.25, -0.2) is 0 Å². The zero-order valence-electron chi connectivity index (χ0n) is 20.7. The van der Waals surface area contributed by atoms with E-state index in [1.807, 2.05) is 11.8 Å². The SMILES string of the molecule is O=C1OC2C(CCC(O)C2CN2CCN(C3CCCC[NH2+]3)CC2)CC1C1NC2CCCCC2S1.